The number of rotatable bonds is 3. The predicted octanol–water partition coefficient (Wildman–Crippen LogP) is 5.04. The van der Waals surface area contributed by atoms with Gasteiger partial charge >= 0.3 is 6.18 Å². The standard InChI is InChI=1S/C15H12ClF3O2/c1-20-13-8-9(16)7-11(14(13)21-2)10-5-3-4-6-12(10)15(17,18)19/h3-8H,1-2H3. The molecule has 0 heterocycles. The van der Waals surface area contributed by atoms with E-state index < -0.39 is 11.7 Å². The quantitative estimate of drug-likeness (QED) is 0.789. The normalized spacial score (nSPS) is 11.3. The molecule has 0 saturated carbocycles. The first-order valence-corrected chi connectivity index (χ1v) is 6.34. The maximum absolute atomic E-state index is 13.1. The zero-order chi connectivity index (χ0) is 15.6. The molecule has 0 radical (unpaired) electrons. The molecule has 6 heteroatoms. The lowest BCUT2D eigenvalue weighted by molar-refractivity contribution is -0.137. The monoisotopic (exact) mass is 316 g/mol. The third-order valence-electron chi connectivity index (χ3n) is 2.97. The fraction of sp³-hybridized carbons (Fsp3) is 0.200. The third kappa shape index (κ3) is 3.08. The molecule has 2 rings (SSSR count). The molecular formula is C15H12ClF3O2. The molecule has 0 saturated heterocycles. The van der Waals surface area contributed by atoms with Gasteiger partial charge in [0.2, 0.25) is 0 Å². The zero-order valence-corrected chi connectivity index (χ0v) is 12.0. The lowest BCUT2D eigenvalue weighted by atomic mass is 9.98. The number of methoxy groups -OCH3 is 2. The highest BCUT2D eigenvalue weighted by molar-refractivity contribution is 6.31. The molecule has 2 aromatic rings. The van der Waals surface area contributed by atoms with Gasteiger partial charge < -0.3 is 9.47 Å². The van der Waals surface area contributed by atoms with E-state index in [9.17, 15) is 13.2 Å². The summed E-state index contributed by atoms with van der Waals surface area (Å²) in [5, 5.41) is 0.264. The van der Waals surface area contributed by atoms with Crippen LogP contribution in [0, 0.1) is 0 Å². The highest BCUT2D eigenvalue weighted by Gasteiger charge is 2.34. The van der Waals surface area contributed by atoms with Crippen molar-refractivity contribution >= 4 is 11.6 Å². The third-order valence-corrected chi connectivity index (χ3v) is 3.18. The van der Waals surface area contributed by atoms with Gasteiger partial charge in [-0.2, -0.15) is 13.2 Å². The van der Waals surface area contributed by atoms with E-state index in [1.54, 1.807) is 0 Å². The van der Waals surface area contributed by atoms with Gasteiger partial charge in [0, 0.05) is 16.7 Å². The number of hydrogen-bond acceptors (Lipinski definition) is 2. The van der Waals surface area contributed by atoms with Gasteiger partial charge in [-0.15, -0.1) is 0 Å². The van der Waals surface area contributed by atoms with Crippen LogP contribution in [0.5, 0.6) is 11.5 Å². The van der Waals surface area contributed by atoms with E-state index >= 15 is 0 Å². The summed E-state index contributed by atoms with van der Waals surface area (Å²) in [6, 6.07) is 8.16. The van der Waals surface area contributed by atoms with E-state index in [4.69, 9.17) is 21.1 Å². The van der Waals surface area contributed by atoms with E-state index in [-0.39, 0.29) is 27.6 Å². The van der Waals surface area contributed by atoms with Crippen molar-refractivity contribution in [2.24, 2.45) is 0 Å². The molecule has 0 aliphatic heterocycles. The topological polar surface area (TPSA) is 18.5 Å². The van der Waals surface area contributed by atoms with Crippen LogP contribution in [0.15, 0.2) is 36.4 Å². The number of benzene rings is 2. The van der Waals surface area contributed by atoms with E-state index in [0.29, 0.717) is 0 Å². The minimum absolute atomic E-state index is 0.0114. The van der Waals surface area contributed by atoms with Crippen molar-refractivity contribution in [2.75, 3.05) is 14.2 Å². The Morgan fingerprint density at radius 3 is 2.19 bits per heavy atom. The number of ether oxygens (including phenoxy) is 2. The van der Waals surface area contributed by atoms with Gasteiger partial charge in [0.25, 0.3) is 0 Å². The molecule has 0 N–H and O–H groups in total. The van der Waals surface area contributed by atoms with Crippen molar-refractivity contribution in [3.8, 4) is 22.6 Å². The highest BCUT2D eigenvalue weighted by Crippen LogP contribution is 2.45. The fourth-order valence-corrected chi connectivity index (χ4v) is 2.30. The SMILES string of the molecule is COc1cc(Cl)cc(-c2ccccc2C(F)(F)F)c1OC. The van der Waals surface area contributed by atoms with Gasteiger partial charge in [-0.05, 0) is 17.7 Å². The summed E-state index contributed by atoms with van der Waals surface area (Å²) in [7, 11) is 2.76. The second-order valence-electron chi connectivity index (χ2n) is 4.23. The summed E-state index contributed by atoms with van der Waals surface area (Å²) in [4.78, 5) is 0. The van der Waals surface area contributed by atoms with Gasteiger partial charge in [-0.25, -0.2) is 0 Å². The molecule has 112 valence electrons. The van der Waals surface area contributed by atoms with Crippen molar-refractivity contribution < 1.29 is 22.6 Å². The first-order valence-electron chi connectivity index (χ1n) is 5.96. The summed E-state index contributed by atoms with van der Waals surface area (Å²) in [5.41, 5.74) is -0.537. The molecule has 0 atom stereocenters. The van der Waals surface area contributed by atoms with Crippen molar-refractivity contribution in [3.63, 3.8) is 0 Å². The van der Waals surface area contributed by atoms with E-state index in [1.807, 2.05) is 0 Å². The maximum Gasteiger partial charge on any atom is 0.417 e. The molecule has 0 aromatic heterocycles. The molecule has 0 fully saturated rings. The van der Waals surface area contributed by atoms with E-state index in [0.717, 1.165) is 6.07 Å². The first-order chi connectivity index (χ1) is 9.88. The Bertz CT molecular complexity index is 654. The van der Waals surface area contributed by atoms with Gasteiger partial charge in [0.15, 0.2) is 11.5 Å². The van der Waals surface area contributed by atoms with Crippen molar-refractivity contribution in [2.45, 2.75) is 6.18 Å². The first kappa shape index (κ1) is 15.5. The maximum atomic E-state index is 13.1. The van der Waals surface area contributed by atoms with Crippen LogP contribution in [-0.4, -0.2) is 14.2 Å². The Morgan fingerprint density at radius 1 is 0.952 bits per heavy atom. The average Bonchev–Trinajstić information content (AvgIpc) is 2.45. The molecule has 2 aromatic carbocycles. The highest BCUT2D eigenvalue weighted by atomic mass is 35.5. The summed E-state index contributed by atoms with van der Waals surface area (Å²) in [6.07, 6.45) is -4.48. The Labute approximate surface area is 125 Å². The molecule has 0 unspecified atom stereocenters. The van der Waals surface area contributed by atoms with Gasteiger partial charge in [-0.1, -0.05) is 29.8 Å². The van der Waals surface area contributed by atoms with Crippen LogP contribution in [-0.2, 0) is 6.18 Å². The molecular weight excluding hydrogens is 305 g/mol. The average molecular weight is 317 g/mol. The number of alkyl halides is 3. The Morgan fingerprint density at radius 2 is 1.62 bits per heavy atom. The molecule has 2 nitrogen and oxygen atoms in total. The Hall–Kier alpha value is -1.88. The molecule has 0 bridgehead atoms. The molecule has 21 heavy (non-hydrogen) atoms. The summed E-state index contributed by atoms with van der Waals surface area (Å²) in [5.74, 6) is 0.482. The second kappa shape index (κ2) is 5.85. The summed E-state index contributed by atoms with van der Waals surface area (Å²) < 4.78 is 49.8. The molecule has 0 amide bonds. The summed E-state index contributed by atoms with van der Waals surface area (Å²) in [6.45, 7) is 0. The minimum Gasteiger partial charge on any atom is -0.493 e. The summed E-state index contributed by atoms with van der Waals surface area (Å²) >= 11 is 5.96. The van der Waals surface area contributed by atoms with Crippen LogP contribution >= 0.6 is 11.6 Å². The van der Waals surface area contributed by atoms with Crippen molar-refractivity contribution in [1.82, 2.24) is 0 Å². The van der Waals surface area contributed by atoms with Crippen LogP contribution in [0.25, 0.3) is 11.1 Å². The fourth-order valence-electron chi connectivity index (χ4n) is 2.10. The van der Waals surface area contributed by atoms with Crippen molar-refractivity contribution in [1.29, 1.82) is 0 Å². The van der Waals surface area contributed by atoms with Gasteiger partial charge in [-0.3, -0.25) is 0 Å². The Kier molecular flexibility index (Phi) is 4.32. The van der Waals surface area contributed by atoms with Crippen LogP contribution < -0.4 is 9.47 Å². The molecule has 0 aliphatic rings. The van der Waals surface area contributed by atoms with E-state index in [2.05, 4.69) is 0 Å². The van der Waals surface area contributed by atoms with Gasteiger partial charge in [0.1, 0.15) is 0 Å². The van der Waals surface area contributed by atoms with Crippen LogP contribution in [0.2, 0.25) is 5.02 Å². The number of halogens is 4. The van der Waals surface area contributed by atoms with E-state index in [1.165, 1.54) is 44.6 Å². The molecule has 0 aliphatic carbocycles. The smallest absolute Gasteiger partial charge is 0.417 e. The molecule has 0 spiro atoms. The Balaban J connectivity index is 2.76. The lowest BCUT2D eigenvalue weighted by Crippen LogP contribution is -2.07. The predicted molar refractivity (Wildman–Crippen MR) is 75.0 cm³/mol. The van der Waals surface area contributed by atoms with Crippen molar-refractivity contribution in [3.05, 3.63) is 47.0 Å². The van der Waals surface area contributed by atoms with Crippen LogP contribution in [0.1, 0.15) is 5.56 Å². The van der Waals surface area contributed by atoms with Crippen LogP contribution in [0.3, 0.4) is 0 Å². The minimum atomic E-state index is -4.48. The lowest BCUT2D eigenvalue weighted by Gasteiger charge is -2.17. The number of hydrogen-bond donors (Lipinski definition) is 0. The second-order valence-corrected chi connectivity index (χ2v) is 4.67. The zero-order valence-electron chi connectivity index (χ0n) is 11.3. The van der Waals surface area contributed by atoms with Crippen LogP contribution in [0.4, 0.5) is 13.2 Å². The largest absolute Gasteiger partial charge is 0.493 e. The van der Waals surface area contributed by atoms with Gasteiger partial charge in [0.05, 0.1) is 19.8 Å².